The van der Waals surface area contributed by atoms with Gasteiger partial charge in [-0.3, -0.25) is 0 Å². The maximum absolute atomic E-state index is 5.77. The Morgan fingerprint density at radius 1 is 1.20 bits per heavy atom. The van der Waals surface area contributed by atoms with Gasteiger partial charge in [-0.2, -0.15) is 0 Å². The normalized spacial score (nSPS) is 16.3. The zero-order valence-corrected chi connectivity index (χ0v) is 19.7. The lowest BCUT2D eigenvalue weighted by Gasteiger charge is -2.31. The minimum Gasteiger partial charge on any atom is -0.494 e. The summed E-state index contributed by atoms with van der Waals surface area (Å²) < 4.78 is 8.57. The van der Waals surface area contributed by atoms with Crippen LogP contribution in [0.2, 0.25) is 0 Å². The van der Waals surface area contributed by atoms with Crippen molar-refractivity contribution in [2.45, 2.75) is 32.2 Å². The molecule has 0 radical (unpaired) electrons. The van der Waals surface area contributed by atoms with Crippen molar-refractivity contribution in [3.63, 3.8) is 0 Å². The third kappa shape index (κ3) is 4.78. The number of amidine groups is 1. The summed E-state index contributed by atoms with van der Waals surface area (Å²) in [6.45, 7) is 4.90. The van der Waals surface area contributed by atoms with Gasteiger partial charge >= 0.3 is 0 Å². The number of imidazole rings is 1. The summed E-state index contributed by atoms with van der Waals surface area (Å²) in [6.07, 6.45) is 3.07. The van der Waals surface area contributed by atoms with Gasteiger partial charge in [-0.1, -0.05) is 12.1 Å². The quantitative estimate of drug-likeness (QED) is 0.223. The van der Waals surface area contributed by atoms with Crippen LogP contribution in [0, 0.1) is 0 Å². The van der Waals surface area contributed by atoms with Crippen LogP contribution < -0.4 is 10.5 Å². The average molecular weight is 517 g/mol. The summed E-state index contributed by atoms with van der Waals surface area (Å²) in [7, 11) is 2.20. The van der Waals surface area contributed by atoms with E-state index in [1.807, 2.05) is 53.8 Å². The van der Waals surface area contributed by atoms with Gasteiger partial charge in [-0.05, 0) is 98.4 Å². The van der Waals surface area contributed by atoms with Gasteiger partial charge in [0.15, 0.2) is 3.84 Å². The average Bonchev–Trinajstić information content (AvgIpc) is 3.07. The van der Waals surface area contributed by atoms with E-state index in [-0.39, 0.29) is 0 Å². The highest BCUT2D eigenvalue weighted by Crippen LogP contribution is 2.31. The SMILES string of the molecule is CCOc1ccc(Cc2nc3cc(N=C(N)I)ccc3n2C2CCN(C)CC2)cc1. The van der Waals surface area contributed by atoms with E-state index in [2.05, 4.69) is 39.7 Å². The number of nitrogens with two attached hydrogens (primary N) is 1. The second kappa shape index (κ2) is 9.34. The minimum atomic E-state index is 0.466. The van der Waals surface area contributed by atoms with E-state index in [1.165, 1.54) is 11.1 Å². The summed E-state index contributed by atoms with van der Waals surface area (Å²) in [5, 5.41) is 0. The van der Waals surface area contributed by atoms with Crippen molar-refractivity contribution in [3.05, 3.63) is 53.9 Å². The van der Waals surface area contributed by atoms with E-state index in [0.29, 0.717) is 16.5 Å². The molecule has 2 aromatic carbocycles. The number of piperidine rings is 1. The highest BCUT2D eigenvalue weighted by atomic mass is 127. The topological polar surface area (TPSA) is 68.7 Å². The smallest absolute Gasteiger partial charge is 0.162 e. The summed E-state index contributed by atoms with van der Waals surface area (Å²) in [6, 6.07) is 15.0. The van der Waals surface area contributed by atoms with E-state index in [4.69, 9.17) is 15.5 Å². The Morgan fingerprint density at radius 2 is 1.93 bits per heavy atom. The fourth-order valence-electron chi connectivity index (χ4n) is 4.17. The van der Waals surface area contributed by atoms with Gasteiger partial charge in [0.2, 0.25) is 0 Å². The molecule has 7 heteroatoms. The number of likely N-dealkylation sites (tertiary alicyclic amines) is 1. The van der Waals surface area contributed by atoms with Crippen LogP contribution in [0.3, 0.4) is 0 Å². The molecule has 1 fully saturated rings. The number of hydrogen-bond donors (Lipinski definition) is 1. The van der Waals surface area contributed by atoms with Gasteiger partial charge in [0.25, 0.3) is 0 Å². The van der Waals surface area contributed by atoms with Crippen LogP contribution in [0.25, 0.3) is 11.0 Å². The number of ether oxygens (including phenoxy) is 1. The summed E-state index contributed by atoms with van der Waals surface area (Å²) in [5.74, 6) is 2.01. The van der Waals surface area contributed by atoms with Crippen molar-refractivity contribution >= 4 is 43.2 Å². The zero-order valence-electron chi connectivity index (χ0n) is 17.5. The number of benzene rings is 2. The number of nitrogens with zero attached hydrogens (tertiary/aromatic N) is 4. The molecule has 2 heterocycles. The first-order chi connectivity index (χ1) is 14.5. The minimum absolute atomic E-state index is 0.466. The molecule has 0 bridgehead atoms. The molecule has 6 nitrogen and oxygen atoms in total. The third-order valence-electron chi connectivity index (χ3n) is 5.63. The number of hydrogen-bond acceptors (Lipinski definition) is 4. The summed E-state index contributed by atoms with van der Waals surface area (Å²) in [4.78, 5) is 11.8. The second-order valence-corrected chi connectivity index (χ2v) is 8.90. The predicted octanol–water partition coefficient (Wildman–Crippen LogP) is 4.67. The molecule has 4 rings (SSSR count). The van der Waals surface area contributed by atoms with E-state index in [9.17, 15) is 0 Å². The fourth-order valence-corrected chi connectivity index (χ4v) is 4.45. The predicted molar refractivity (Wildman–Crippen MR) is 131 cm³/mol. The van der Waals surface area contributed by atoms with Gasteiger partial charge in [-0.25, -0.2) is 9.98 Å². The number of fused-ring (bicyclic) bond motifs is 1. The highest BCUT2D eigenvalue weighted by molar-refractivity contribution is 14.1. The van der Waals surface area contributed by atoms with Crippen LogP contribution in [0.5, 0.6) is 5.75 Å². The molecule has 0 saturated carbocycles. The largest absolute Gasteiger partial charge is 0.494 e. The second-order valence-electron chi connectivity index (χ2n) is 7.79. The van der Waals surface area contributed by atoms with Gasteiger partial charge < -0.3 is 19.9 Å². The van der Waals surface area contributed by atoms with Crippen molar-refractivity contribution < 1.29 is 4.74 Å². The van der Waals surface area contributed by atoms with E-state index in [1.54, 1.807) is 0 Å². The molecular weight excluding hydrogens is 489 g/mol. The maximum atomic E-state index is 5.77. The fraction of sp³-hybridized carbons (Fsp3) is 0.391. The number of aromatic nitrogens is 2. The Labute approximate surface area is 191 Å². The molecule has 1 aliphatic heterocycles. The third-order valence-corrected chi connectivity index (χ3v) is 5.87. The lowest BCUT2D eigenvalue weighted by Crippen LogP contribution is -2.32. The number of aliphatic imine (C=N–C) groups is 1. The molecule has 1 saturated heterocycles. The first kappa shape index (κ1) is 21.1. The monoisotopic (exact) mass is 517 g/mol. The first-order valence-electron chi connectivity index (χ1n) is 10.4. The molecule has 3 aromatic rings. The van der Waals surface area contributed by atoms with Crippen LogP contribution in [0.15, 0.2) is 47.5 Å². The van der Waals surface area contributed by atoms with Gasteiger partial charge in [0, 0.05) is 12.5 Å². The molecule has 0 aliphatic carbocycles. The van der Waals surface area contributed by atoms with Crippen LogP contribution in [0.1, 0.15) is 37.2 Å². The van der Waals surface area contributed by atoms with Crippen LogP contribution in [-0.4, -0.2) is 45.0 Å². The zero-order chi connectivity index (χ0) is 21.1. The Hall–Kier alpha value is -2.13. The standard InChI is InChI=1S/C23H28IN5O/c1-3-30-19-7-4-16(5-8-19)14-22-27-20-15-17(26-23(24)25)6-9-21(20)29(22)18-10-12-28(2)13-11-18/h4-9,15,18H,3,10-14H2,1-2H3,(H2,25,26). The molecule has 1 aromatic heterocycles. The Morgan fingerprint density at radius 3 is 2.60 bits per heavy atom. The van der Waals surface area contributed by atoms with Gasteiger partial charge in [0.05, 0.1) is 23.3 Å². The van der Waals surface area contributed by atoms with Crippen molar-refractivity contribution in [1.82, 2.24) is 14.5 Å². The van der Waals surface area contributed by atoms with E-state index >= 15 is 0 Å². The number of halogens is 1. The van der Waals surface area contributed by atoms with Crippen molar-refractivity contribution in [2.75, 3.05) is 26.7 Å². The van der Waals surface area contributed by atoms with Crippen molar-refractivity contribution in [1.29, 1.82) is 0 Å². The van der Waals surface area contributed by atoms with Crippen LogP contribution in [-0.2, 0) is 6.42 Å². The maximum Gasteiger partial charge on any atom is 0.162 e. The van der Waals surface area contributed by atoms with Crippen LogP contribution in [0.4, 0.5) is 5.69 Å². The molecule has 0 unspecified atom stereocenters. The molecule has 0 amide bonds. The molecule has 2 N–H and O–H groups in total. The Kier molecular flexibility index (Phi) is 6.58. The van der Waals surface area contributed by atoms with Crippen molar-refractivity contribution in [2.24, 2.45) is 10.7 Å². The lowest BCUT2D eigenvalue weighted by atomic mass is 10.0. The molecule has 0 spiro atoms. The van der Waals surface area contributed by atoms with Crippen LogP contribution >= 0.6 is 22.6 Å². The van der Waals surface area contributed by atoms with E-state index in [0.717, 1.165) is 55.1 Å². The Balaban J connectivity index is 1.72. The summed E-state index contributed by atoms with van der Waals surface area (Å²) >= 11 is 2.03. The number of rotatable bonds is 6. The molecule has 158 valence electrons. The van der Waals surface area contributed by atoms with E-state index < -0.39 is 0 Å². The lowest BCUT2D eigenvalue weighted by molar-refractivity contribution is 0.222. The van der Waals surface area contributed by atoms with Crippen molar-refractivity contribution in [3.8, 4) is 5.75 Å². The molecule has 0 atom stereocenters. The Bertz CT molecular complexity index is 1030. The first-order valence-corrected chi connectivity index (χ1v) is 11.5. The molecule has 30 heavy (non-hydrogen) atoms. The highest BCUT2D eigenvalue weighted by Gasteiger charge is 2.23. The van der Waals surface area contributed by atoms with Gasteiger partial charge in [-0.15, -0.1) is 0 Å². The summed E-state index contributed by atoms with van der Waals surface area (Å²) in [5.41, 5.74) is 10.00. The molecular formula is C23H28IN5O. The molecule has 1 aliphatic rings. The van der Waals surface area contributed by atoms with Gasteiger partial charge in [0.1, 0.15) is 11.6 Å².